The van der Waals surface area contributed by atoms with Crippen LogP contribution in [0.1, 0.15) is 15.9 Å². The highest BCUT2D eigenvalue weighted by Crippen LogP contribution is 2.20. The van der Waals surface area contributed by atoms with Crippen molar-refractivity contribution in [2.24, 2.45) is 0 Å². The summed E-state index contributed by atoms with van der Waals surface area (Å²) >= 11 is 1.43. The predicted octanol–water partition coefficient (Wildman–Crippen LogP) is 2.22. The molecule has 2 rings (SSSR count). The van der Waals surface area contributed by atoms with Crippen molar-refractivity contribution in [2.45, 2.75) is 11.8 Å². The summed E-state index contributed by atoms with van der Waals surface area (Å²) in [6.45, 7) is 1.70. The number of anilines is 1. The first-order valence-corrected chi connectivity index (χ1v) is 8.24. The zero-order chi connectivity index (χ0) is 14.8. The Labute approximate surface area is 121 Å². The van der Waals surface area contributed by atoms with Crippen LogP contribution in [0.25, 0.3) is 0 Å². The van der Waals surface area contributed by atoms with Crippen LogP contribution >= 0.6 is 11.3 Å². The van der Waals surface area contributed by atoms with Gasteiger partial charge in [-0.15, -0.1) is 0 Å². The molecule has 0 aliphatic carbocycles. The normalized spacial score (nSPS) is 11.3. The third kappa shape index (κ3) is 3.06. The fraction of sp³-hybridized carbons (Fsp3) is 0.154. The van der Waals surface area contributed by atoms with E-state index in [1.54, 1.807) is 35.9 Å². The molecule has 0 radical (unpaired) electrons. The summed E-state index contributed by atoms with van der Waals surface area (Å²) in [6, 6.07) is 6.49. The molecular formula is C13H14N2O3S2. The second-order valence-electron chi connectivity index (χ2n) is 4.15. The molecule has 2 aromatic rings. The molecule has 0 saturated heterocycles. The number of rotatable bonds is 4. The zero-order valence-electron chi connectivity index (χ0n) is 11.0. The molecule has 0 saturated carbocycles. The van der Waals surface area contributed by atoms with E-state index in [0.29, 0.717) is 16.8 Å². The zero-order valence-corrected chi connectivity index (χ0v) is 12.6. The molecule has 0 spiro atoms. The first-order valence-electron chi connectivity index (χ1n) is 5.82. The maximum absolute atomic E-state index is 11.9. The number of amides is 1. The van der Waals surface area contributed by atoms with Crippen LogP contribution in [0.15, 0.2) is 39.9 Å². The van der Waals surface area contributed by atoms with Gasteiger partial charge in [0.15, 0.2) is 0 Å². The van der Waals surface area contributed by atoms with Gasteiger partial charge in [-0.05, 0) is 43.1 Å². The molecule has 1 aromatic heterocycles. The van der Waals surface area contributed by atoms with Gasteiger partial charge in [0.25, 0.3) is 5.91 Å². The van der Waals surface area contributed by atoms with Gasteiger partial charge in [-0.25, -0.2) is 13.1 Å². The van der Waals surface area contributed by atoms with Crippen molar-refractivity contribution in [2.75, 3.05) is 12.4 Å². The van der Waals surface area contributed by atoms with Crippen molar-refractivity contribution in [1.29, 1.82) is 0 Å². The molecule has 1 aromatic carbocycles. The van der Waals surface area contributed by atoms with Crippen LogP contribution in [0.2, 0.25) is 0 Å². The van der Waals surface area contributed by atoms with Gasteiger partial charge < -0.3 is 5.32 Å². The van der Waals surface area contributed by atoms with E-state index in [4.69, 9.17) is 0 Å². The molecule has 0 aliphatic rings. The second kappa shape index (κ2) is 5.74. The van der Waals surface area contributed by atoms with E-state index in [2.05, 4.69) is 10.0 Å². The molecule has 0 atom stereocenters. The standard InChI is InChI=1S/C13H14N2O3S2/c1-9-3-4-11(7-12(9)20(17,18)14-2)15-13(16)10-5-6-19-8-10/h3-8,14H,1-2H3,(H,15,16). The lowest BCUT2D eigenvalue weighted by Gasteiger charge is -2.10. The van der Waals surface area contributed by atoms with Gasteiger partial charge in [-0.1, -0.05) is 6.07 Å². The van der Waals surface area contributed by atoms with E-state index in [1.165, 1.54) is 24.5 Å². The van der Waals surface area contributed by atoms with Gasteiger partial charge in [0.05, 0.1) is 10.5 Å². The van der Waals surface area contributed by atoms with Gasteiger partial charge in [-0.3, -0.25) is 4.79 Å². The van der Waals surface area contributed by atoms with Crippen LogP contribution in [-0.4, -0.2) is 21.4 Å². The van der Waals surface area contributed by atoms with Crippen molar-refractivity contribution in [3.05, 3.63) is 46.2 Å². The maximum Gasteiger partial charge on any atom is 0.256 e. The van der Waals surface area contributed by atoms with Crippen LogP contribution in [0.5, 0.6) is 0 Å². The molecule has 0 bridgehead atoms. The Hall–Kier alpha value is -1.70. The molecule has 2 N–H and O–H groups in total. The van der Waals surface area contributed by atoms with Crippen LogP contribution in [-0.2, 0) is 10.0 Å². The first kappa shape index (κ1) is 14.7. The number of benzene rings is 1. The highest BCUT2D eigenvalue weighted by atomic mass is 32.2. The number of thiophene rings is 1. The predicted molar refractivity (Wildman–Crippen MR) is 79.7 cm³/mol. The minimum absolute atomic E-state index is 0.156. The van der Waals surface area contributed by atoms with E-state index in [9.17, 15) is 13.2 Å². The average molecular weight is 310 g/mol. The van der Waals surface area contributed by atoms with E-state index < -0.39 is 10.0 Å². The lowest BCUT2D eigenvalue weighted by Crippen LogP contribution is -2.20. The van der Waals surface area contributed by atoms with Crippen LogP contribution in [0, 0.1) is 6.92 Å². The van der Waals surface area contributed by atoms with Gasteiger partial charge in [-0.2, -0.15) is 11.3 Å². The lowest BCUT2D eigenvalue weighted by atomic mass is 10.2. The quantitative estimate of drug-likeness (QED) is 0.909. The molecular weight excluding hydrogens is 296 g/mol. The molecule has 20 heavy (non-hydrogen) atoms. The summed E-state index contributed by atoms with van der Waals surface area (Å²) < 4.78 is 26.0. The Morgan fingerprint density at radius 3 is 2.60 bits per heavy atom. The topological polar surface area (TPSA) is 75.3 Å². The Kier molecular flexibility index (Phi) is 4.22. The van der Waals surface area contributed by atoms with E-state index >= 15 is 0 Å². The van der Waals surface area contributed by atoms with E-state index in [1.807, 2.05) is 0 Å². The Bertz CT molecular complexity index is 722. The fourth-order valence-electron chi connectivity index (χ4n) is 1.67. The van der Waals surface area contributed by atoms with Crippen molar-refractivity contribution in [3.8, 4) is 0 Å². The summed E-state index contributed by atoms with van der Waals surface area (Å²) in [6.07, 6.45) is 0. The average Bonchev–Trinajstić information content (AvgIpc) is 2.95. The monoisotopic (exact) mass is 310 g/mol. The second-order valence-corrected chi connectivity index (χ2v) is 6.79. The number of hydrogen-bond donors (Lipinski definition) is 2. The molecule has 7 heteroatoms. The molecule has 5 nitrogen and oxygen atoms in total. The summed E-state index contributed by atoms with van der Waals surface area (Å²) in [5.41, 5.74) is 1.61. The van der Waals surface area contributed by atoms with Crippen molar-refractivity contribution >= 4 is 33.0 Å². The molecule has 106 valence electrons. The van der Waals surface area contributed by atoms with Crippen LogP contribution in [0.4, 0.5) is 5.69 Å². The number of hydrogen-bond acceptors (Lipinski definition) is 4. The first-order chi connectivity index (χ1) is 9.44. The number of sulfonamides is 1. The minimum atomic E-state index is -3.54. The summed E-state index contributed by atoms with van der Waals surface area (Å²) in [5.74, 6) is -0.261. The van der Waals surface area contributed by atoms with E-state index in [-0.39, 0.29) is 10.8 Å². The summed E-state index contributed by atoms with van der Waals surface area (Å²) in [7, 11) is -2.19. The van der Waals surface area contributed by atoms with Crippen LogP contribution in [0.3, 0.4) is 0 Å². The largest absolute Gasteiger partial charge is 0.322 e. The maximum atomic E-state index is 11.9. The third-order valence-electron chi connectivity index (χ3n) is 2.79. The fourth-order valence-corrected chi connectivity index (χ4v) is 3.30. The third-order valence-corrected chi connectivity index (χ3v) is 5.03. The molecule has 1 amide bonds. The van der Waals surface area contributed by atoms with Crippen LogP contribution < -0.4 is 10.0 Å². The molecule has 0 aliphatic heterocycles. The van der Waals surface area contributed by atoms with Crippen molar-refractivity contribution in [3.63, 3.8) is 0 Å². The van der Waals surface area contributed by atoms with Gasteiger partial charge in [0.1, 0.15) is 0 Å². The van der Waals surface area contributed by atoms with Crippen molar-refractivity contribution < 1.29 is 13.2 Å². The Morgan fingerprint density at radius 2 is 2.00 bits per heavy atom. The Morgan fingerprint density at radius 1 is 1.25 bits per heavy atom. The SMILES string of the molecule is CNS(=O)(=O)c1cc(NC(=O)c2ccsc2)ccc1C. The molecule has 0 fully saturated rings. The number of nitrogens with one attached hydrogen (secondary N) is 2. The number of carbonyl (C=O) groups is 1. The van der Waals surface area contributed by atoms with Gasteiger partial charge in [0, 0.05) is 11.1 Å². The number of aryl methyl sites for hydroxylation is 1. The highest BCUT2D eigenvalue weighted by molar-refractivity contribution is 7.89. The van der Waals surface area contributed by atoms with Crippen molar-refractivity contribution in [1.82, 2.24) is 4.72 Å². The van der Waals surface area contributed by atoms with Gasteiger partial charge >= 0.3 is 0 Å². The lowest BCUT2D eigenvalue weighted by molar-refractivity contribution is 0.102. The number of carbonyl (C=O) groups excluding carboxylic acids is 1. The summed E-state index contributed by atoms with van der Waals surface area (Å²) in [5, 5.41) is 6.22. The summed E-state index contributed by atoms with van der Waals surface area (Å²) in [4.78, 5) is 12.1. The Balaban J connectivity index is 2.31. The smallest absolute Gasteiger partial charge is 0.256 e. The molecule has 0 unspecified atom stereocenters. The van der Waals surface area contributed by atoms with Gasteiger partial charge in [0.2, 0.25) is 10.0 Å². The molecule has 1 heterocycles. The highest BCUT2D eigenvalue weighted by Gasteiger charge is 2.16. The van der Waals surface area contributed by atoms with E-state index in [0.717, 1.165) is 0 Å². The minimum Gasteiger partial charge on any atom is -0.322 e.